The molecule has 1 fully saturated rings. The number of imidazole rings is 1. The van der Waals surface area contributed by atoms with Gasteiger partial charge in [0.15, 0.2) is 11.6 Å². The minimum Gasteiger partial charge on any atom is -0.320 e. The van der Waals surface area contributed by atoms with E-state index < -0.39 is 11.6 Å². The first-order chi connectivity index (χ1) is 9.60. The molecule has 1 aliphatic rings. The molecule has 1 atom stereocenters. The topological polar surface area (TPSA) is 17.8 Å². The lowest BCUT2D eigenvalue weighted by atomic mass is 10.0. The second-order valence-electron chi connectivity index (χ2n) is 7.03. The van der Waals surface area contributed by atoms with Crippen LogP contribution in [0.5, 0.6) is 0 Å². The minimum absolute atomic E-state index is 0.0279. The maximum atomic E-state index is 14.3. The molecule has 1 aromatic carbocycles. The highest BCUT2D eigenvalue weighted by Gasteiger charge is 2.66. The molecule has 0 N–H and O–H groups in total. The van der Waals surface area contributed by atoms with Gasteiger partial charge in [-0.15, -0.1) is 11.6 Å². The molecule has 5 heteroatoms. The highest BCUT2D eigenvalue weighted by Crippen LogP contribution is 2.72. The maximum Gasteiger partial charge on any atom is 0.184 e. The van der Waals surface area contributed by atoms with E-state index in [9.17, 15) is 8.78 Å². The van der Waals surface area contributed by atoms with E-state index >= 15 is 0 Å². The lowest BCUT2D eigenvalue weighted by Gasteiger charge is -2.13. The first-order valence-electron chi connectivity index (χ1n) is 7.10. The Balaban J connectivity index is 2.35. The van der Waals surface area contributed by atoms with Crippen molar-refractivity contribution in [1.29, 1.82) is 0 Å². The Morgan fingerprint density at radius 1 is 1.19 bits per heavy atom. The summed E-state index contributed by atoms with van der Waals surface area (Å²) in [4.78, 5) is 4.43. The van der Waals surface area contributed by atoms with Crippen LogP contribution in [0.25, 0.3) is 11.0 Å². The van der Waals surface area contributed by atoms with Crippen LogP contribution in [-0.4, -0.2) is 9.55 Å². The van der Waals surface area contributed by atoms with E-state index in [0.29, 0.717) is 11.3 Å². The summed E-state index contributed by atoms with van der Waals surface area (Å²) < 4.78 is 29.8. The van der Waals surface area contributed by atoms with Crippen molar-refractivity contribution in [3.63, 3.8) is 0 Å². The molecule has 1 heterocycles. The van der Waals surface area contributed by atoms with E-state index in [0.717, 1.165) is 6.07 Å². The van der Waals surface area contributed by atoms with Gasteiger partial charge in [-0.1, -0.05) is 27.7 Å². The van der Waals surface area contributed by atoms with Gasteiger partial charge in [-0.05, 0) is 29.9 Å². The van der Waals surface area contributed by atoms with Gasteiger partial charge in [0, 0.05) is 6.04 Å². The third kappa shape index (κ3) is 1.78. The van der Waals surface area contributed by atoms with E-state index in [1.54, 1.807) is 6.92 Å². The first kappa shape index (κ1) is 14.8. The van der Waals surface area contributed by atoms with Gasteiger partial charge in [-0.3, -0.25) is 0 Å². The van der Waals surface area contributed by atoms with E-state index in [1.807, 2.05) is 4.57 Å². The molecular weight excluding hydrogens is 294 g/mol. The number of hydrogen-bond acceptors (Lipinski definition) is 1. The van der Waals surface area contributed by atoms with Crippen LogP contribution in [0, 0.1) is 22.5 Å². The molecule has 1 saturated carbocycles. The summed E-state index contributed by atoms with van der Waals surface area (Å²) in [6, 6.07) is 2.67. The Bertz CT molecular complexity index is 717. The van der Waals surface area contributed by atoms with Gasteiger partial charge in [0.05, 0.1) is 10.9 Å². The molecule has 1 aromatic heterocycles. The minimum atomic E-state index is -0.853. The molecule has 2 nitrogen and oxygen atoms in total. The fourth-order valence-corrected chi connectivity index (χ4v) is 3.64. The molecule has 0 amide bonds. The molecule has 0 saturated heterocycles. The highest BCUT2D eigenvalue weighted by molar-refractivity contribution is 6.20. The smallest absolute Gasteiger partial charge is 0.184 e. The third-order valence-corrected chi connectivity index (χ3v) is 5.52. The molecule has 1 unspecified atom stereocenters. The molecule has 0 bridgehead atoms. The molecule has 0 radical (unpaired) electrons. The van der Waals surface area contributed by atoms with E-state index in [1.165, 1.54) is 6.07 Å². The second kappa shape index (κ2) is 4.19. The lowest BCUT2D eigenvalue weighted by molar-refractivity contribution is 0.457. The van der Waals surface area contributed by atoms with E-state index in [2.05, 4.69) is 32.7 Å². The van der Waals surface area contributed by atoms with Gasteiger partial charge < -0.3 is 4.57 Å². The van der Waals surface area contributed by atoms with Gasteiger partial charge in [0.25, 0.3) is 0 Å². The van der Waals surface area contributed by atoms with Crippen LogP contribution >= 0.6 is 11.6 Å². The molecule has 0 spiro atoms. The first-order valence-corrected chi connectivity index (χ1v) is 7.54. The van der Waals surface area contributed by atoms with Crippen LogP contribution < -0.4 is 0 Å². The summed E-state index contributed by atoms with van der Waals surface area (Å²) in [7, 11) is 0. The number of benzene rings is 1. The number of aromatic nitrogens is 2. The normalized spacial score (nSPS) is 21.7. The summed E-state index contributed by atoms with van der Waals surface area (Å²) in [6.07, 6.45) is 0. The third-order valence-electron chi connectivity index (χ3n) is 5.33. The van der Waals surface area contributed by atoms with Gasteiger partial charge >= 0.3 is 0 Å². The summed E-state index contributed by atoms with van der Waals surface area (Å²) in [5, 5.41) is -0.368. The summed E-state index contributed by atoms with van der Waals surface area (Å²) in [6.45, 7) is 10.3. The van der Waals surface area contributed by atoms with Crippen LogP contribution in [0.15, 0.2) is 12.1 Å². The van der Waals surface area contributed by atoms with Crippen molar-refractivity contribution in [3.05, 3.63) is 29.6 Å². The monoisotopic (exact) mass is 312 g/mol. The number of fused-ring (bicyclic) bond motifs is 1. The zero-order valence-corrected chi connectivity index (χ0v) is 13.6. The fourth-order valence-electron chi connectivity index (χ4n) is 3.49. The quantitative estimate of drug-likeness (QED) is 0.695. The lowest BCUT2D eigenvalue weighted by Crippen LogP contribution is -2.08. The molecule has 114 valence electrons. The van der Waals surface area contributed by atoms with Gasteiger partial charge in [0.1, 0.15) is 11.3 Å². The maximum absolute atomic E-state index is 14.3. The molecule has 1 aliphatic carbocycles. The Labute approximate surface area is 128 Å². The summed E-state index contributed by atoms with van der Waals surface area (Å²) >= 11 is 6.23. The Morgan fingerprint density at radius 3 is 2.24 bits per heavy atom. The molecular formula is C16H19ClF2N2. The number of hydrogen-bond donors (Lipinski definition) is 0. The van der Waals surface area contributed by atoms with Crippen molar-refractivity contribution in [2.24, 2.45) is 10.8 Å². The van der Waals surface area contributed by atoms with Gasteiger partial charge in [-0.25, -0.2) is 13.8 Å². The van der Waals surface area contributed by atoms with Crippen LogP contribution in [0.2, 0.25) is 0 Å². The summed E-state index contributed by atoms with van der Waals surface area (Å²) in [5.74, 6) is -1.10. The fraction of sp³-hybridized carbons (Fsp3) is 0.562. The largest absolute Gasteiger partial charge is 0.320 e. The van der Waals surface area contributed by atoms with Crippen molar-refractivity contribution in [2.75, 3.05) is 0 Å². The standard InChI is InChI=1S/C16H19ClF2N2/c1-8(17)13-20-10-7-6-9(18)11(19)12(10)21(13)14-15(2,3)16(14,4)5/h6-8,14H,1-5H3. The molecule has 0 aliphatic heterocycles. The van der Waals surface area contributed by atoms with Crippen LogP contribution in [-0.2, 0) is 0 Å². The Hall–Kier alpha value is -1.16. The zero-order chi connectivity index (χ0) is 15.7. The predicted octanol–water partition coefficient (Wildman–Crippen LogP) is 5.22. The van der Waals surface area contributed by atoms with Gasteiger partial charge in [-0.2, -0.15) is 0 Å². The van der Waals surface area contributed by atoms with Crippen molar-refractivity contribution in [2.45, 2.75) is 46.0 Å². The molecule has 3 rings (SSSR count). The van der Waals surface area contributed by atoms with Crippen molar-refractivity contribution >= 4 is 22.6 Å². The van der Waals surface area contributed by atoms with E-state index in [-0.39, 0.29) is 27.8 Å². The number of rotatable bonds is 2. The number of nitrogens with zero attached hydrogens (tertiary/aromatic N) is 2. The highest BCUT2D eigenvalue weighted by atomic mass is 35.5. The Morgan fingerprint density at radius 2 is 1.76 bits per heavy atom. The van der Waals surface area contributed by atoms with Crippen molar-refractivity contribution in [3.8, 4) is 0 Å². The average Bonchev–Trinajstić information content (AvgIpc) is 2.70. The van der Waals surface area contributed by atoms with Gasteiger partial charge in [0.2, 0.25) is 0 Å². The van der Waals surface area contributed by atoms with E-state index in [4.69, 9.17) is 11.6 Å². The number of halogens is 3. The second-order valence-corrected chi connectivity index (χ2v) is 7.69. The molecule has 21 heavy (non-hydrogen) atoms. The van der Waals surface area contributed by atoms with Crippen molar-refractivity contribution < 1.29 is 8.78 Å². The van der Waals surface area contributed by atoms with Crippen LogP contribution in [0.3, 0.4) is 0 Å². The predicted molar refractivity (Wildman–Crippen MR) is 80.5 cm³/mol. The SMILES string of the molecule is CC(Cl)c1nc2ccc(F)c(F)c2n1C1C(C)(C)C1(C)C. The average molecular weight is 313 g/mol. The van der Waals surface area contributed by atoms with Crippen molar-refractivity contribution in [1.82, 2.24) is 9.55 Å². The molecule has 2 aromatic rings. The Kier molecular flexibility index (Phi) is 2.94. The summed E-state index contributed by atoms with van der Waals surface area (Å²) in [5.41, 5.74) is 0.621. The zero-order valence-electron chi connectivity index (χ0n) is 12.8. The van der Waals surface area contributed by atoms with Crippen LogP contribution in [0.4, 0.5) is 8.78 Å². The number of alkyl halides is 1. The van der Waals surface area contributed by atoms with Crippen LogP contribution in [0.1, 0.15) is 51.9 Å².